The molecule has 0 saturated heterocycles. The van der Waals surface area contributed by atoms with Crippen LogP contribution in [0.1, 0.15) is 12.8 Å². The van der Waals surface area contributed by atoms with E-state index in [4.69, 9.17) is 16.3 Å². The number of carbonyl (C=O) groups excluding carboxylic acids is 1. The van der Waals surface area contributed by atoms with Gasteiger partial charge >= 0.3 is 0 Å². The topological polar surface area (TPSA) is 26.3 Å². The molecule has 0 aromatic carbocycles. The van der Waals surface area contributed by atoms with Crippen molar-refractivity contribution in [3.05, 3.63) is 0 Å². The number of hydrogen-bond acceptors (Lipinski definition) is 2. The van der Waals surface area contributed by atoms with E-state index in [9.17, 15) is 4.79 Å². The summed E-state index contributed by atoms with van der Waals surface area (Å²) in [6.45, 7) is 0. The van der Waals surface area contributed by atoms with Crippen LogP contribution in [0.2, 0.25) is 0 Å². The summed E-state index contributed by atoms with van der Waals surface area (Å²) in [6, 6.07) is 0. The minimum Gasteiger partial charge on any atom is -0.379 e. The molecule has 3 rings (SSSR count). The van der Waals surface area contributed by atoms with Gasteiger partial charge in [-0.25, -0.2) is 0 Å². The number of rotatable bonds is 1. The maximum Gasteiger partial charge on any atom is 0.156 e. The number of carbonyl (C=O) groups is 1. The number of alkyl halides is 1. The van der Waals surface area contributed by atoms with Crippen LogP contribution in [-0.2, 0) is 9.53 Å². The van der Waals surface area contributed by atoms with Crippen LogP contribution in [-0.4, -0.2) is 24.4 Å². The minimum atomic E-state index is -0.377. The van der Waals surface area contributed by atoms with Gasteiger partial charge in [0.1, 0.15) is 5.38 Å². The number of ether oxygens (including phenoxy) is 1. The van der Waals surface area contributed by atoms with E-state index in [2.05, 4.69) is 0 Å². The highest BCUT2D eigenvalue weighted by molar-refractivity contribution is 6.32. The van der Waals surface area contributed by atoms with Crippen molar-refractivity contribution in [3.8, 4) is 0 Å². The van der Waals surface area contributed by atoms with Crippen LogP contribution >= 0.6 is 11.6 Å². The second-order valence-corrected chi connectivity index (χ2v) is 3.90. The lowest BCUT2D eigenvalue weighted by molar-refractivity contribution is -0.141. The Labute approximate surface area is 70.9 Å². The first-order chi connectivity index (χ1) is 5.24. The predicted octanol–water partition coefficient (Wildman–Crippen LogP) is 1.22. The molecule has 3 heteroatoms. The second-order valence-electron chi connectivity index (χ2n) is 3.43. The molecule has 0 N–H and O–H groups in total. The summed E-state index contributed by atoms with van der Waals surface area (Å²) >= 11 is 5.88. The Morgan fingerprint density at radius 1 is 1.55 bits per heavy atom. The summed E-state index contributed by atoms with van der Waals surface area (Å²) < 4.78 is 5.17. The van der Waals surface area contributed by atoms with Crippen LogP contribution in [0, 0.1) is 11.8 Å². The van der Waals surface area contributed by atoms with Crippen LogP contribution in [0.4, 0.5) is 0 Å². The molecule has 2 unspecified atom stereocenters. The number of methoxy groups -OCH3 is 1. The van der Waals surface area contributed by atoms with Crippen LogP contribution in [0.25, 0.3) is 0 Å². The number of halogens is 1. The van der Waals surface area contributed by atoms with E-state index in [0.29, 0.717) is 5.92 Å². The summed E-state index contributed by atoms with van der Waals surface area (Å²) in [5.74, 6) is 1.00. The third-order valence-electron chi connectivity index (χ3n) is 2.87. The Hall–Kier alpha value is -0.0800. The van der Waals surface area contributed by atoms with Crippen LogP contribution in [0.15, 0.2) is 0 Å². The first kappa shape index (κ1) is 7.56. The Morgan fingerprint density at radius 3 is 2.64 bits per heavy atom. The fraction of sp³-hybridized carbons (Fsp3) is 0.875. The first-order valence-electron chi connectivity index (χ1n) is 3.94. The van der Waals surface area contributed by atoms with Crippen LogP contribution < -0.4 is 0 Å². The largest absolute Gasteiger partial charge is 0.379 e. The van der Waals surface area contributed by atoms with Gasteiger partial charge in [-0.3, -0.25) is 4.79 Å². The third-order valence-corrected chi connectivity index (χ3v) is 3.34. The van der Waals surface area contributed by atoms with Gasteiger partial charge in [0, 0.05) is 13.0 Å². The summed E-state index contributed by atoms with van der Waals surface area (Å²) in [5.41, 5.74) is 0. The maximum absolute atomic E-state index is 11.3. The van der Waals surface area contributed by atoms with Gasteiger partial charge in [0.25, 0.3) is 0 Å². The molecule has 3 saturated carbocycles. The number of ketones is 1. The maximum atomic E-state index is 11.3. The Morgan fingerprint density at radius 2 is 2.18 bits per heavy atom. The van der Waals surface area contributed by atoms with Gasteiger partial charge in [-0.2, -0.15) is 0 Å². The lowest BCUT2D eigenvalue weighted by Crippen LogP contribution is -2.54. The molecule has 0 amide bonds. The number of fused-ring (bicyclic) bond motifs is 2. The molecule has 0 aromatic rings. The highest BCUT2D eigenvalue weighted by Gasteiger charge is 2.51. The molecule has 3 aliphatic rings. The van der Waals surface area contributed by atoms with E-state index in [0.717, 1.165) is 12.8 Å². The number of hydrogen-bond donors (Lipinski definition) is 0. The van der Waals surface area contributed by atoms with Crippen molar-refractivity contribution in [2.24, 2.45) is 11.8 Å². The molecule has 2 atom stereocenters. The highest BCUT2D eigenvalue weighted by Crippen LogP contribution is 2.46. The molecule has 0 aliphatic heterocycles. The molecule has 0 aromatic heterocycles. The lowest BCUT2D eigenvalue weighted by atomic mass is 9.63. The van der Waals surface area contributed by atoms with Gasteiger partial charge in [0.05, 0.1) is 6.10 Å². The SMILES string of the molecule is COC1C2CC(C2)C(=O)C1Cl. The quantitative estimate of drug-likeness (QED) is 0.559. The van der Waals surface area contributed by atoms with Gasteiger partial charge < -0.3 is 4.74 Å². The van der Waals surface area contributed by atoms with Crippen molar-refractivity contribution in [1.29, 1.82) is 0 Å². The summed E-state index contributed by atoms with van der Waals surface area (Å²) in [4.78, 5) is 11.3. The number of Topliss-reactive ketones (excluding diaryl/α,β-unsaturated/α-hetero) is 1. The van der Waals surface area contributed by atoms with E-state index in [-0.39, 0.29) is 23.2 Å². The van der Waals surface area contributed by atoms with E-state index < -0.39 is 0 Å². The lowest BCUT2D eigenvalue weighted by Gasteiger charge is -2.46. The monoisotopic (exact) mass is 174 g/mol. The fourth-order valence-corrected chi connectivity index (χ4v) is 2.59. The van der Waals surface area contributed by atoms with Gasteiger partial charge in [-0.1, -0.05) is 0 Å². The molecular formula is C8H11ClO2. The van der Waals surface area contributed by atoms with E-state index in [1.165, 1.54) is 0 Å². The average molecular weight is 175 g/mol. The zero-order valence-corrected chi connectivity index (χ0v) is 7.17. The second kappa shape index (κ2) is 2.46. The van der Waals surface area contributed by atoms with Crippen molar-refractivity contribution in [2.45, 2.75) is 24.3 Å². The third kappa shape index (κ3) is 0.926. The molecule has 11 heavy (non-hydrogen) atoms. The molecule has 2 bridgehead atoms. The molecule has 3 aliphatic carbocycles. The van der Waals surface area contributed by atoms with Crippen LogP contribution in [0.5, 0.6) is 0 Å². The standard InChI is InChI=1S/C8H11ClO2/c1-11-8-5-2-4(3-5)7(10)6(8)9/h4-6,8H,2-3H2,1H3. The van der Waals surface area contributed by atoms with E-state index in [1.807, 2.05) is 0 Å². The van der Waals surface area contributed by atoms with Crippen molar-refractivity contribution in [2.75, 3.05) is 7.11 Å². The van der Waals surface area contributed by atoms with Gasteiger partial charge in [0.15, 0.2) is 5.78 Å². The minimum absolute atomic E-state index is 0.0193. The smallest absolute Gasteiger partial charge is 0.156 e. The molecule has 3 fully saturated rings. The normalized spacial score (nSPS) is 48.7. The van der Waals surface area contributed by atoms with Crippen molar-refractivity contribution < 1.29 is 9.53 Å². The highest BCUT2D eigenvalue weighted by atomic mass is 35.5. The van der Waals surface area contributed by atoms with E-state index >= 15 is 0 Å². The van der Waals surface area contributed by atoms with Gasteiger partial charge in [-0.05, 0) is 18.8 Å². The summed E-state index contributed by atoms with van der Waals surface area (Å²) in [6.07, 6.45) is 1.98. The predicted molar refractivity (Wildman–Crippen MR) is 41.7 cm³/mol. The Balaban J connectivity index is 2.14. The zero-order chi connectivity index (χ0) is 8.01. The summed E-state index contributed by atoms with van der Waals surface area (Å²) in [5, 5.41) is -0.377. The molecular weight excluding hydrogens is 164 g/mol. The van der Waals surface area contributed by atoms with Gasteiger partial charge in [-0.15, -0.1) is 11.6 Å². The summed E-state index contributed by atoms with van der Waals surface area (Å²) in [7, 11) is 1.63. The molecule has 0 heterocycles. The van der Waals surface area contributed by atoms with Crippen molar-refractivity contribution >= 4 is 17.4 Å². The Kier molecular flexibility index (Phi) is 1.69. The Bertz CT molecular complexity index is 187. The first-order valence-corrected chi connectivity index (χ1v) is 4.38. The van der Waals surface area contributed by atoms with Crippen LogP contribution in [0.3, 0.4) is 0 Å². The fourth-order valence-electron chi connectivity index (χ4n) is 2.10. The molecule has 2 nitrogen and oxygen atoms in total. The molecule has 0 spiro atoms. The van der Waals surface area contributed by atoms with Crippen molar-refractivity contribution in [3.63, 3.8) is 0 Å². The average Bonchev–Trinajstić information content (AvgIpc) is 1.91. The molecule has 62 valence electrons. The van der Waals surface area contributed by atoms with Crippen molar-refractivity contribution in [1.82, 2.24) is 0 Å². The molecule has 0 radical (unpaired) electrons. The van der Waals surface area contributed by atoms with E-state index in [1.54, 1.807) is 7.11 Å². The van der Waals surface area contributed by atoms with Gasteiger partial charge in [0.2, 0.25) is 0 Å². The zero-order valence-electron chi connectivity index (χ0n) is 6.42.